The molecule has 4 heteroatoms. The summed E-state index contributed by atoms with van der Waals surface area (Å²) in [6, 6.07) is 3.99. The quantitative estimate of drug-likeness (QED) is 0.474. The lowest BCUT2D eigenvalue weighted by Crippen LogP contribution is -2.40. The molecule has 1 saturated carbocycles. The summed E-state index contributed by atoms with van der Waals surface area (Å²) < 4.78 is 0. The van der Waals surface area contributed by atoms with E-state index in [1.165, 1.54) is 49.8 Å². The second-order valence-corrected chi connectivity index (χ2v) is 8.92. The van der Waals surface area contributed by atoms with Crippen molar-refractivity contribution in [3.63, 3.8) is 0 Å². The summed E-state index contributed by atoms with van der Waals surface area (Å²) in [4.78, 5) is 14.4. The van der Waals surface area contributed by atoms with E-state index in [4.69, 9.17) is 5.73 Å². The molecule has 2 rings (SSSR count). The third-order valence-electron chi connectivity index (χ3n) is 5.23. The number of hydrogen-bond acceptors (Lipinski definition) is 4. The molecule has 1 aromatic heterocycles. The Morgan fingerprint density at radius 2 is 2.04 bits per heavy atom. The second kappa shape index (κ2) is 9.69. The number of unbranched alkanes of at least 4 members (excludes halogenated alkanes) is 1. The molecule has 1 atom stereocenters. The van der Waals surface area contributed by atoms with Crippen LogP contribution in [0.4, 0.5) is 0 Å². The smallest absolute Gasteiger partial charge is 0.172 e. The van der Waals surface area contributed by atoms with Gasteiger partial charge in [0.15, 0.2) is 5.78 Å². The molecule has 1 aliphatic carbocycles. The molecule has 136 valence electrons. The van der Waals surface area contributed by atoms with Crippen molar-refractivity contribution in [1.82, 2.24) is 0 Å². The van der Waals surface area contributed by atoms with Gasteiger partial charge >= 0.3 is 0 Å². The number of rotatable bonds is 10. The highest BCUT2D eigenvalue weighted by atomic mass is 32.1. The molecule has 1 aromatic rings. The second-order valence-electron chi connectivity index (χ2n) is 7.75. The molecule has 0 radical (unpaired) electrons. The summed E-state index contributed by atoms with van der Waals surface area (Å²) >= 11 is 1.59. The van der Waals surface area contributed by atoms with E-state index in [0.717, 1.165) is 30.1 Å². The maximum absolute atomic E-state index is 12.3. The number of aryl methyl sites for hydroxylation is 1. The van der Waals surface area contributed by atoms with Crippen molar-refractivity contribution in [2.24, 2.45) is 11.7 Å². The van der Waals surface area contributed by atoms with Crippen molar-refractivity contribution in [3.05, 3.63) is 21.9 Å². The number of nitrogens with two attached hydrogens (primary N) is 1. The van der Waals surface area contributed by atoms with Crippen LogP contribution in [0.1, 0.15) is 85.7 Å². The average molecular weight is 352 g/mol. The lowest BCUT2D eigenvalue weighted by molar-refractivity contribution is 0.0982. The number of aliphatic hydroxyl groups excluding tert-OH is 1. The maximum Gasteiger partial charge on any atom is 0.172 e. The van der Waals surface area contributed by atoms with Gasteiger partial charge in [-0.3, -0.25) is 4.79 Å². The molecule has 0 spiro atoms. The Morgan fingerprint density at radius 3 is 2.75 bits per heavy atom. The number of carbonyl (C=O) groups excluding carboxylic acids is 1. The lowest BCUT2D eigenvalue weighted by Gasteiger charge is -2.21. The zero-order valence-electron chi connectivity index (χ0n) is 15.1. The Bertz CT molecular complexity index is 503. The molecule has 24 heavy (non-hydrogen) atoms. The fourth-order valence-corrected chi connectivity index (χ4v) is 4.44. The van der Waals surface area contributed by atoms with Crippen molar-refractivity contribution in [2.45, 2.75) is 83.1 Å². The topological polar surface area (TPSA) is 63.3 Å². The Labute approximate surface area is 150 Å². The van der Waals surface area contributed by atoms with Crippen LogP contribution in [0.3, 0.4) is 0 Å². The van der Waals surface area contributed by atoms with Crippen molar-refractivity contribution < 1.29 is 9.90 Å². The molecule has 0 amide bonds. The van der Waals surface area contributed by atoms with Gasteiger partial charge in [0.25, 0.3) is 0 Å². The summed E-state index contributed by atoms with van der Waals surface area (Å²) in [7, 11) is 0. The van der Waals surface area contributed by atoms with Gasteiger partial charge in [-0.15, -0.1) is 11.3 Å². The van der Waals surface area contributed by atoms with Crippen molar-refractivity contribution in [1.29, 1.82) is 0 Å². The summed E-state index contributed by atoms with van der Waals surface area (Å²) in [5, 5.41) is 9.20. The van der Waals surface area contributed by atoms with Crippen LogP contribution in [0.2, 0.25) is 0 Å². The van der Waals surface area contributed by atoms with E-state index in [9.17, 15) is 9.90 Å². The predicted molar refractivity (Wildman–Crippen MR) is 102 cm³/mol. The van der Waals surface area contributed by atoms with Crippen LogP contribution < -0.4 is 5.73 Å². The van der Waals surface area contributed by atoms with Gasteiger partial charge in [0.1, 0.15) is 0 Å². The summed E-state index contributed by atoms with van der Waals surface area (Å²) in [5.41, 5.74) is 5.43. The van der Waals surface area contributed by atoms with Crippen LogP contribution >= 0.6 is 11.3 Å². The molecule has 1 aliphatic rings. The highest BCUT2D eigenvalue weighted by Crippen LogP contribution is 2.28. The summed E-state index contributed by atoms with van der Waals surface area (Å²) in [6.45, 7) is 1.85. The number of carbonyl (C=O) groups is 1. The monoisotopic (exact) mass is 351 g/mol. The SMILES string of the molecule is CC(N)(CO)CCc1ccc(C(=O)CCCCC2CCCCC2)s1. The predicted octanol–water partition coefficient (Wildman–Crippen LogP) is 4.71. The van der Waals surface area contributed by atoms with Gasteiger partial charge in [-0.1, -0.05) is 44.9 Å². The number of aliphatic hydroxyl groups is 1. The molecule has 1 fully saturated rings. The van der Waals surface area contributed by atoms with Gasteiger partial charge in [-0.05, 0) is 44.2 Å². The molecule has 1 unspecified atom stereocenters. The zero-order valence-corrected chi connectivity index (χ0v) is 15.9. The molecule has 3 nitrogen and oxygen atoms in total. The first-order chi connectivity index (χ1) is 11.5. The van der Waals surface area contributed by atoms with Crippen LogP contribution in [0.15, 0.2) is 12.1 Å². The fourth-order valence-electron chi connectivity index (χ4n) is 3.47. The molecule has 0 aromatic carbocycles. The minimum absolute atomic E-state index is 0.00877. The van der Waals surface area contributed by atoms with Crippen LogP contribution in [-0.4, -0.2) is 23.0 Å². The van der Waals surface area contributed by atoms with E-state index in [1.54, 1.807) is 11.3 Å². The molecule has 0 bridgehead atoms. The van der Waals surface area contributed by atoms with Crippen molar-refractivity contribution in [3.8, 4) is 0 Å². The van der Waals surface area contributed by atoms with Gasteiger partial charge in [0, 0.05) is 16.8 Å². The van der Waals surface area contributed by atoms with Crippen LogP contribution in [0.25, 0.3) is 0 Å². The molecular weight excluding hydrogens is 318 g/mol. The molecular formula is C20H33NO2S. The maximum atomic E-state index is 12.3. The molecule has 0 saturated heterocycles. The standard InChI is InChI=1S/C20H33NO2S/c1-20(21,15-22)14-13-17-11-12-19(24-17)18(23)10-6-5-9-16-7-3-2-4-8-16/h11-12,16,22H,2-10,13-15,21H2,1H3. The van der Waals surface area contributed by atoms with E-state index >= 15 is 0 Å². The molecule has 1 heterocycles. The summed E-state index contributed by atoms with van der Waals surface area (Å²) in [6.07, 6.45) is 12.8. The van der Waals surface area contributed by atoms with E-state index in [2.05, 4.69) is 0 Å². The van der Waals surface area contributed by atoms with Crippen molar-refractivity contribution >= 4 is 17.1 Å². The van der Waals surface area contributed by atoms with Crippen molar-refractivity contribution in [2.75, 3.05) is 6.61 Å². The van der Waals surface area contributed by atoms with Gasteiger partial charge in [-0.25, -0.2) is 0 Å². The molecule has 0 aliphatic heterocycles. The first kappa shape index (κ1) is 19.6. The van der Waals surface area contributed by atoms with E-state index in [-0.39, 0.29) is 12.4 Å². The molecule has 3 N–H and O–H groups in total. The third-order valence-corrected chi connectivity index (χ3v) is 6.42. The number of hydrogen-bond donors (Lipinski definition) is 2. The van der Waals surface area contributed by atoms with Gasteiger partial charge in [0.05, 0.1) is 11.5 Å². The Hall–Kier alpha value is -0.710. The number of thiophene rings is 1. The first-order valence-corrected chi connectivity index (χ1v) is 10.3. The van der Waals surface area contributed by atoms with Gasteiger partial charge < -0.3 is 10.8 Å². The highest BCUT2D eigenvalue weighted by molar-refractivity contribution is 7.14. The largest absolute Gasteiger partial charge is 0.394 e. The fraction of sp³-hybridized carbons (Fsp3) is 0.750. The minimum Gasteiger partial charge on any atom is -0.394 e. The Balaban J connectivity index is 1.67. The third kappa shape index (κ3) is 6.66. The highest BCUT2D eigenvalue weighted by Gasteiger charge is 2.18. The van der Waals surface area contributed by atoms with Gasteiger partial charge in [-0.2, -0.15) is 0 Å². The normalized spacial score (nSPS) is 18.5. The Kier molecular flexibility index (Phi) is 7.92. The summed E-state index contributed by atoms with van der Waals surface area (Å²) in [5.74, 6) is 1.20. The van der Waals surface area contributed by atoms with E-state index < -0.39 is 5.54 Å². The number of Topliss-reactive ketones (excluding diaryl/α,β-unsaturated/α-hetero) is 1. The lowest BCUT2D eigenvalue weighted by atomic mass is 9.85. The van der Waals surface area contributed by atoms with Crippen LogP contribution in [-0.2, 0) is 6.42 Å². The zero-order chi connectivity index (χ0) is 17.4. The number of ketones is 1. The van der Waals surface area contributed by atoms with Crippen LogP contribution in [0, 0.1) is 5.92 Å². The van der Waals surface area contributed by atoms with E-state index in [1.807, 2.05) is 19.1 Å². The minimum atomic E-state index is -0.534. The first-order valence-electron chi connectivity index (χ1n) is 9.52. The van der Waals surface area contributed by atoms with Gasteiger partial charge in [0.2, 0.25) is 0 Å². The van der Waals surface area contributed by atoms with Crippen LogP contribution in [0.5, 0.6) is 0 Å². The Morgan fingerprint density at radius 1 is 1.29 bits per heavy atom. The van der Waals surface area contributed by atoms with E-state index in [0.29, 0.717) is 6.42 Å². The average Bonchev–Trinajstić information content (AvgIpc) is 3.07.